The average molecular weight is 337 g/mol. The SMILES string of the molecule is CO[C@H]1O[C@H](CCN2C[C@H](CO)[C@@H](O)[C@H](O)C2)[C@@H](O)[C@H](O)[C@H]1O. The molecule has 9 heteroatoms. The van der Waals surface area contributed by atoms with Crippen LogP contribution in [0.1, 0.15) is 6.42 Å². The van der Waals surface area contributed by atoms with Crippen molar-refractivity contribution in [3.63, 3.8) is 0 Å². The lowest BCUT2D eigenvalue weighted by Crippen LogP contribution is -2.59. The monoisotopic (exact) mass is 337 g/mol. The van der Waals surface area contributed by atoms with Crippen molar-refractivity contribution in [2.75, 3.05) is 33.4 Å². The van der Waals surface area contributed by atoms with Gasteiger partial charge in [0, 0.05) is 39.3 Å². The molecule has 0 spiro atoms. The number of ether oxygens (including phenoxy) is 2. The second-order valence-electron chi connectivity index (χ2n) is 6.30. The Hall–Kier alpha value is -0.360. The van der Waals surface area contributed by atoms with Gasteiger partial charge in [-0.1, -0.05) is 0 Å². The first kappa shape index (κ1) is 19.0. The van der Waals surface area contributed by atoms with Gasteiger partial charge in [-0.05, 0) is 6.42 Å². The molecule has 0 radical (unpaired) electrons. The molecule has 0 aliphatic carbocycles. The second kappa shape index (κ2) is 8.15. The fourth-order valence-electron chi connectivity index (χ4n) is 3.21. The fourth-order valence-corrected chi connectivity index (χ4v) is 3.21. The van der Waals surface area contributed by atoms with Gasteiger partial charge in [-0.25, -0.2) is 0 Å². The zero-order valence-electron chi connectivity index (χ0n) is 13.1. The molecule has 0 bridgehead atoms. The average Bonchev–Trinajstić information content (AvgIpc) is 2.55. The van der Waals surface area contributed by atoms with Crippen molar-refractivity contribution in [1.29, 1.82) is 0 Å². The largest absolute Gasteiger partial charge is 0.396 e. The molecule has 0 saturated carbocycles. The Morgan fingerprint density at radius 1 is 1.00 bits per heavy atom. The molecule has 2 aliphatic rings. The maximum atomic E-state index is 10.0. The normalized spacial score (nSPS) is 46.0. The summed E-state index contributed by atoms with van der Waals surface area (Å²) in [6.07, 6.45) is -7.24. The number of hydrogen-bond acceptors (Lipinski definition) is 9. The molecule has 136 valence electrons. The Morgan fingerprint density at radius 3 is 2.30 bits per heavy atom. The smallest absolute Gasteiger partial charge is 0.186 e. The molecule has 0 aromatic heterocycles. The predicted octanol–water partition coefficient (Wildman–Crippen LogP) is -3.52. The van der Waals surface area contributed by atoms with Crippen LogP contribution < -0.4 is 0 Å². The molecule has 23 heavy (non-hydrogen) atoms. The minimum absolute atomic E-state index is 0.228. The zero-order valence-corrected chi connectivity index (χ0v) is 13.1. The lowest BCUT2D eigenvalue weighted by atomic mass is 9.92. The van der Waals surface area contributed by atoms with E-state index in [1.807, 2.05) is 4.90 Å². The molecule has 8 atom stereocenters. The van der Waals surface area contributed by atoms with Crippen LogP contribution in [0.25, 0.3) is 0 Å². The quantitative estimate of drug-likeness (QED) is 0.301. The molecule has 0 unspecified atom stereocenters. The number of piperidine rings is 1. The van der Waals surface area contributed by atoms with Gasteiger partial charge in [0.15, 0.2) is 6.29 Å². The summed E-state index contributed by atoms with van der Waals surface area (Å²) in [6.45, 7) is 0.866. The van der Waals surface area contributed by atoms with E-state index in [2.05, 4.69) is 0 Å². The van der Waals surface area contributed by atoms with Crippen molar-refractivity contribution in [1.82, 2.24) is 4.90 Å². The van der Waals surface area contributed by atoms with Crippen LogP contribution in [-0.4, -0.2) is 112 Å². The van der Waals surface area contributed by atoms with Crippen molar-refractivity contribution in [2.24, 2.45) is 5.92 Å². The summed E-state index contributed by atoms with van der Waals surface area (Å²) in [5.74, 6) is -0.435. The summed E-state index contributed by atoms with van der Waals surface area (Å²) >= 11 is 0. The summed E-state index contributed by atoms with van der Waals surface area (Å²) in [7, 11) is 1.34. The standard InChI is InChI=1S/C14H27NO8/c1-22-14-13(21)12(20)11(19)9(23-14)2-3-15-4-7(6-16)10(18)8(17)5-15/h7-14,16-21H,2-6H2,1H3/t7-,8-,9-,10-,11-,12+,13-,14+/m1/s1. The number of aliphatic hydroxyl groups is 6. The first-order chi connectivity index (χ1) is 10.9. The van der Waals surface area contributed by atoms with Crippen molar-refractivity contribution < 1.29 is 40.1 Å². The van der Waals surface area contributed by atoms with Crippen LogP contribution in [0.15, 0.2) is 0 Å². The van der Waals surface area contributed by atoms with Crippen LogP contribution in [0.3, 0.4) is 0 Å². The van der Waals surface area contributed by atoms with Gasteiger partial charge in [-0.3, -0.25) is 0 Å². The fraction of sp³-hybridized carbons (Fsp3) is 1.00. The van der Waals surface area contributed by atoms with E-state index in [0.29, 0.717) is 19.5 Å². The Bertz CT molecular complexity index is 371. The summed E-state index contributed by atoms with van der Waals surface area (Å²) in [4.78, 5) is 1.85. The minimum atomic E-state index is -1.36. The molecule has 2 heterocycles. The van der Waals surface area contributed by atoms with Crippen molar-refractivity contribution in [2.45, 2.75) is 49.3 Å². The highest BCUT2D eigenvalue weighted by atomic mass is 16.7. The third-order valence-electron chi connectivity index (χ3n) is 4.68. The van der Waals surface area contributed by atoms with Crippen LogP contribution in [0.5, 0.6) is 0 Å². The molecule has 0 aromatic rings. The highest BCUT2D eigenvalue weighted by Gasteiger charge is 2.44. The third kappa shape index (κ3) is 4.19. The van der Waals surface area contributed by atoms with Gasteiger partial charge in [-0.15, -0.1) is 0 Å². The molecule has 0 amide bonds. The lowest BCUT2D eigenvalue weighted by molar-refractivity contribution is -0.291. The van der Waals surface area contributed by atoms with E-state index in [1.165, 1.54) is 7.11 Å². The summed E-state index contributed by atoms with van der Waals surface area (Å²) in [6, 6.07) is 0. The summed E-state index contributed by atoms with van der Waals surface area (Å²) in [5, 5.41) is 58.4. The highest BCUT2D eigenvalue weighted by molar-refractivity contribution is 4.91. The first-order valence-corrected chi connectivity index (χ1v) is 7.80. The van der Waals surface area contributed by atoms with E-state index in [1.54, 1.807) is 0 Å². The molecule has 2 fully saturated rings. The number of hydrogen-bond donors (Lipinski definition) is 6. The van der Waals surface area contributed by atoms with E-state index in [4.69, 9.17) is 9.47 Å². The van der Waals surface area contributed by atoms with Gasteiger partial charge < -0.3 is 45.0 Å². The van der Waals surface area contributed by atoms with Crippen LogP contribution in [0.4, 0.5) is 0 Å². The van der Waals surface area contributed by atoms with E-state index in [0.717, 1.165) is 0 Å². The van der Waals surface area contributed by atoms with Gasteiger partial charge in [0.05, 0.1) is 18.3 Å². The number of methoxy groups -OCH3 is 1. The molecule has 2 rings (SSSR count). The third-order valence-corrected chi connectivity index (χ3v) is 4.68. The number of β-amino-alcohol motifs (C(OH)–C–C–N with tert-alkyl or cyclic N) is 1. The van der Waals surface area contributed by atoms with Crippen molar-refractivity contribution in [3.8, 4) is 0 Å². The summed E-state index contributed by atoms with van der Waals surface area (Å²) < 4.78 is 10.4. The van der Waals surface area contributed by atoms with E-state index >= 15 is 0 Å². The molecule has 0 aromatic carbocycles. The maximum Gasteiger partial charge on any atom is 0.186 e. The number of likely N-dealkylation sites (tertiary alicyclic amines) is 1. The maximum absolute atomic E-state index is 10.0. The minimum Gasteiger partial charge on any atom is -0.396 e. The predicted molar refractivity (Wildman–Crippen MR) is 77.3 cm³/mol. The van der Waals surface area contributed by atoms with Gasteiger partial charge in [0.1, 0.15) is 18.3 Å². The topological polar surface area (TPSA) is 143 Å². The van der Waals surface area contributed by atoms with Gasteiger partial charge in [-0.2, -0.15) is 0 Å². The van der Waals surface area contributed by atoms with Crippen LogP contribution in [-0.2, 0) is 9.47 Å². The van der Waals surface area contributed by atoms with Gasteiger partial charge >= 0.3 is 0 Å². The molecular formula is C14H27NO8. The molecular weight excluding hydrogens is 310 g/mol. The van der Waals surface area contributed by atoms with Crippen molar-refractivity contribution >= 4 is 0 Å². The molecule has 6 N–H and O–H groups in total. The highest BCUT2D eigenvalue weighted by Crippen LogP contribution is 2.25. The number of nitrogens with zero attached hydrogens (tertiary/aromatic N) is 1. The van der Waals surface area contributed by atoms with Crippen molar-refractivity contribution in [3.05, 3.63) is 0 Å². The van der Waals surface area contributed by atoms with Crippen LogP contribution in [0, 0.1) is 5.92 Å². The Balaban J connectivity index is 1.89. The van der Waals surface area contributed by atoms with Gasteiger partial charge in [0.25, 0.3) is 0 Å². The Morgan fingerprint density at radius 2 is 1.70 bits per heavy atom. The van der Waals surface area contributed by atoms with E-state index in [-0.39, 0.29) is 13.2 Å². The van der Waals surface area contributed by atoms with Crippen LogP contribution >= 0.6 is 0 Å². The zero-order chi connectivity index (χ0) is 17.1. The summed E-state index contributed by atoms with van der Waals surface area (Å²) in [5.41, 5.74) is 0. The van der Waals surface area contributed by atoms with E-state index < -0.39 is 48.8 Å². The Labute approximate surface area is 134 Å². The lowest BCUT2D eigenvalue weighted by Gasteiger charge is -2.42. The van der Waals surface area contributed by atoms with Crippen LogP contribution in [0.2, 0.25) is 0 Å². The number of aliphatic hydroxyl groups excluding tert-OH is 6. The molecule has 2 aliphatic heterocycles. The second-order valence-corrected chi connectivity index (χ2v) is 6.30. The molecule has 9 nitrogen and oxygen atoms in total. The van der Waals surface area contributed by atoms with Gasteiger partial charge in [0.2, 0.25) is 0 Å². The molecule has 2 saturated heterocycles. The Kier molecular flexibility index (Phi) is 6.72. The number of rotatable bonds is 5. The van der Waals surface area contributed by atoms with E-state index in [9.17, 15) is 30.6 Å². The first-order valence-electron chi connectivity index (χ1n) is 7.80.